The van der Waals surface area contributed by atoms with Gasteiger partial charge in [-0.25, -0.2) is 4.79 Å². The highest BCUT2D eigenvalue weighted by molar-refractivity contribution is 6.04. The summed E-state index contributed by atoms with van der Waals surface area (Å²) >= 11 is 0. The van der Waals surface area contributed by atoms with E-state index in [0.717, 1.165) is 41.4 Å². The molecule has 0 aliphatic heterocycles. The molecule has 1 aromatic heterocycles. The van der Waals surface area contributed by atoms with Crippen molar-refractivity contribution in [2.24, 2.45) is 5.73 Å². The summed E-state index contributed by atoms with van der Waals surface area (Å²) in [6.45, 7) is 7.34. The minimum absolute atomic E-state index is 0.379. The molecule has 0 spiro atoms. The van der Waals surface area contributed by atoms with Crippen LogP contribution in [0.5, 0.6) is 0 Å². The molecule has 2 rings (SSSR count). The highest BCUT2D eigenvalue weighted by Crippen LogP contribution is 2.31. The number of hydrogen-bond acceptors (Lipinski definition) is 2. The minimum Gasteiger partial charge on any atom is -0.478 e. The molecule has 0 radical (unpaired) electrons. The van der Waals surface area contributed by atoms with Crippen LogP contribution in [0.4, 0.5) is 0 Å². The summed E-state index contributed by atoms with van der Waals surface area (Å²) in [5.74, 6) is -0.874. The Morgan fingerprint density at radius 3 is 2.62 bits per heavy atom. The van der Waals surface area contributed by atoms with Gasteiger partial charge in [-0.1, -0.05) is 13.3 Å². The van der Waals surface area contributed by atoms with Crippen molar-refractivity contribution in [2.75, 3.05) is 6.54 Å². The van der Waals surface area contributed by atoms with Crippen LogP contribution in [0, 0.1) is 13.8 Å². The van der Waals surface area contributed by atoms with E-state index in [1.54, 1.807) is 6.07 Å². The number of carboxylic acids is 1. The fraction of sp³-hybridized carbons (Fsp3) is 0.471. The highest BCUT2D eigenvalue weighted by atomic mass is 16.4. The summed E-state index contributed by atoms with van der Waals surface area (Å²) in [5, 5.41) is 10.6. The van der Waals surface area contributed by atoms with E-state index in [1.807, 2.05) is 6.92 Å². The lowest BCUT2D eigenvalue weighted by Crippen LogP contribution is -2.13. The molecule has 0 unspecified atom stereocenters. The van der Waals surface area contributed by atoms with Crippen LogP contribution in [0.1, 0.15) is 46.9 Å². The Kier molecular flexibility index (Phi) is 4.68. The van der Waals surface area contributed by atoms with Crippen LogP contribution in [-0.2, 0) is 13.0 Å². The van der Waals surface area contributed by atoms with Crippen LogP contribution in [0.25, 0.3) is 10.9 Å². The summed E-state index contributed by atoms with van der Waals surface area (Å²) in [6, 6.07) is 3.85. The maximum absolute atomic E-state index is 11.6. The first-order valence-corrected chi connectivity index (χ1v) is 7.56. The van der Waals surface area contributed by atoms with Gasteiger partial charge in [-0.05, 0) is 49.9 Å². The van der Waals surface area contributed by atoms with E-state index in [0.29, 0.717) is 18.7 Å². The Morgan fingerprint density at radius 2 is 2.05 bits per heavy atom. The van der Waals surface area contributed by atoms with Gasteiger partial charge in [0.25, 0.3) is 0 Å². The molecular formula is C17H24N2O2. The van der Waals surface area contributed by atoms with Gasteiger partial charge < -0.3 is 15.4 Å². The van der Waals surface area contributed by atoms with Gasteiger partial charge in [-0.15, -0.1) is 0 Å². The van der Waals surface area contributed by atoms with Gasteiger partial charge in [0.2, 0.25) is 0 Å². The van der Waals surface area contributed by atoms with Crippen molar-refractivity contribution < 1.29 is 9.90 Å². The zero-order valence-electron chi connectivity index (χ0n) is 13.1. The number of carbonyl (C=O) groups is 1. The third-order valence-electron chi connectivity index (χ3n) is 4.05. The number of fused-ring (bicyclic) bond motifs is 1. The van der Waals surface area contributed by atoms with E-state index in [-0.39, 0.29) is 0 Å². The van der Waals surface area contributed by atoms with Gasteiger partial charge in [0, 0.05) is 24.2 Å². The molecule has 3 N–H and O–H groups in total. The molecule has 114 valence electrons. The fourth-order valence-electron chi connectivity index (χ4n) is 3.07. The number of carboxylic acid groups (broad SMARTS) is 1. The average molecular weight is 288 g/mol. The fourth-order valence-corrected chi connectivity index (χ4v) is 3.07. The molecule has 0 fully saturated rings. The molecule has 1 aromatic carbocycles. The largest absolute Gasteiger partial charge is 0.478 e. The van der Waals surface area contributed by atoms with Crippen molar-refractivity contribution in [1.29, 1.82) is 0 Å². The quantitative estimate of drug-likeness (QED) is 0.857. The summed E-state index contributed by atoms with van der Waals surface area (Å²) < 4.78 is 2.07. The smallest absolute Gasteiger partial charge is 0.337 e. The zero-order chi connectivity index (χ0) is 15.6. The first-order valence-electron chi connectivity index (χ1n) is 7.56. The number of nitrogens with zero attached hydrogens (tertiary/aromatic N) is 1. The van der Waals surface area contributed by atoms with Crippen molar-refractivity contribution in [3.63, 3.8) is 0 Å². The van der Waals surface area contributed by atoms with Crippen molar-refractivity contribution in [1.82, 2.24) is 4.57 Å². The molecule has 4 nitrogen and oxygen atoms in total. The number of nitrogens with two attached hydrogens (primary N) is 1. The third-order valence-corrected chi connectivity index (χ3v) is 4.05. The number of aryl methyl sites for hydroxylation is 2. The van der Waals surface area contributed by atoms with Gasteiger partial charge in [-0.3, -0.25) is 0 Å². The van der Waals surface area contributed by atoms with Crippen molar-refractivity contribution in [2.45, 2.75) is 46.6 Å². The molecule has 0 saturated carbocycles. The number of aromatic nitrogens is 1. The SMILES string of the molecule is CCCCc1c(C)n(CCN)c2c(C(=O)O)cc(C)cc12. The van der Waals surface area contributed by atoms with E-state index < -0.39 is 5.97 Å². The molecule has 0 bridgehead atoms. The van der Waals surface area contributed by atoms with E-state index in [1.165, 1.54) is 5.56 Å². The van der Waals surface area contributed by atoms with Crippen molar-refractivity contribution in [3.05, 3.63) is 34.5 Å². The lowest BCUT2D eigenvalue weighted by Gasteiger charge is -2.09. The Balaban J connectivity index is 2.79. The summed E-state index contributed by atoms with van der Waals surface area (Å²) in [5.41, 5.74) is 10.3. The van der Waals surface area contributed by atoms with Crippen LogP contribution in [0.3, 0.4) is 0 Å². The summed E-state index contributed by atoms with van der Waals surface area (Å²) in [7, 11) is 0. The van der Waals surface area contributed by atoms with Crippen LogP contribution in [0.2, 0.25) is 0 Å². The predicted octanol–water partition coefficient (Wildman–Crippen LogP) is 3.26. The van der Waals surface area contributed by atoms with E-state index >= 15 is 0 Å². The van der Waals surface area contributed by atoms with E-state index in [4.69, 9.17) is 5.73 Å². The van der Waals surface area contributed by atoms with Gasteiger partial charge in [0.1, 0.15) is 0 Å². The first kappa shape index (κ1) is 15.6. The van der Waals surface area contributed by atoms with Crippen LogP contribution in [-0.4, -0.2) is 22.2 Å². The highest BCUT2D eigenvalue weighted by Gasteiger charge is 2.19. The molecule has 2 aromatic rings. The molecule has 0 amide bonds. The first-order chi connectivity index (χ1) is 10.0. The van der Waals surface area contributed by atoms with Crippen LogP contribution in [0.15, 0.2) is 12.1 Å². The second-order valence-electron chi connectivity index (χ2n) is 5.62. The number of unbranched alkanes of at least 4 members (excludes halogenated alkanes) is 1. The number of rotatable bonds is 6. The predicted molar refractivity (Wildman–Crippen MR) is 86.0 cm³/mol. The number of aromatic carboxylic acids is 1. The maximum Gasteiger partial charge on any atom is 0.337 e. The normalized spacial score (nSPS) is 11.2. The lowest BCUT2D eigenvalue weighted by molar-refractivity contribution is 0.0698. The monoisotopic (exact) mass is 288 g/mol. The molecule has 21 heavy (non-hydrogen) atoms. The lowest BCUT2D eigenvalue weighted by atomic mass is 10.0. The topological polar surface area (TPSA) is 68.2 Å². The van der Waals surface area contributed by atoms with Crippen molar-refractivity contribution >= 4 is 16.9 Å². The summed E-state index contributed by atoms with van der Waals surface area (Å²) in [6.07, 6.45) is 3.22. The standard InChI is InChI=1S/C17H24N2O2/c1-4-5-6-13-12(3)19(8-7-18)16-14(13)9-11(2)10-15(16)17(20)21/h9-10H,4-8,18H2,1-3H3,(H,20,21). The van der Waals surface area contributed by atoms with Gasteiger partial charge in [0.15, 0.2) is 0 Å². The van der Waals surface area contributed by atoms with Gasteiger partial charge in [0.05, 0.1) is 11.1 Å². The Labute approximate surface area is 125 Å². The maximum atomic E-state index is 11.6. The van der Waals surface area contributed by atoms with Crippen molar-refractivity contribution in [3.8, 4) is 0 Å². The third kappa shape index (κ3) is 2.81. The Hall–Kier alpha value is -1.81. The number of benzene rings is 1. The molecule has 0 aliphatic rings. The minimum atomic E-state index is -0.874. The van der Waals surface area contributed by atoms with Gasteiger partial charge >= 0.3 is 5.97 Å². The van der Waals surface area contributed by atoms with E-state index in [9.17, 15) is 9.90 Å². The molecular weight excluding hydrogens is 264 g/mol. The second-order valence-corrected chi connectivity index (χ2v) is 5.62. The Morgan fingerprint density at radius 1 is 1.33 bits per heavy atom. The summed E-state index contributed by atoms with van der Waals surface area (Å²) in [4.78, 5) is 11.6. The molecule has 1 heterocycles. The zero-order valence-corrected chi connectivity index (χ0v) is 13.1. The average Bonchev–Trinajstić information content (AvgIpc) is 2.69. The number of hydrogen-bond donors (Lipinski definition) is 2. The molecule has 4 heteroatoms. The van der Waals surface area contributed by atoms with Crippen LogP contribution < -0.4 is 5.73 Å². The Bertz CT molecular complexity index is 671. The van der Waals surface area contributed by atoms with Crippen LogP contribution >= 0.6 is 0 Å². The molecule has 0 saturated heterocycles. The molecule has 0 atom stereocenters. The molecule has 0 aliphatic carbocycles. The van der Waals surface area contributed by atoms with Gasteiger partial charge in [-0.2, -0.15) is 0 Å². The van der Waals surface area contributed by atoms with E-state index in [2.05, 4.69) is 24.5 Å². The second kappa shape index (κ2) is 6.31.